The molecule has 31 heavy (non-hydrogen) atoms. The Kier molecular flexibility index (Phi) is 5.93. The van der Waals surface area contributed by atoms with Gasteiger partial charge in [-0.05, 0) is 99.5 Å². The summed E-state index contributed by atoms with van der Waals surface area (Å²) in [6, 6.07) is 11.8. The highest BCUT2D eigenvalue weighted by atomic mass is 35.5. The summed E-state index contributed by atoms with van der Waals surface area (Å²) >= 11 is 13.7. The summed E-state index contributed by atoms with van der Waals surface area (Å²) in [6.45, 7) is 3.13. The largest absolute Gasteiger partial charge is 0.376 e. The maximum Gasteiger partial charge on any atom is 0.0818 e. The first kappa shape index (κ1) is 22.2. The first-order valence-corrected chi connectivity index (χ1v) is 13.5. The minimum absolute atomic E-state index is 0.0221. The van der Waals surface area contributed by atoms with Gasteiger partial charge in [-0.3, -0.25) is 0 Å². The van der Waals surface area contributed by atoms with Crippen LogP contribution in [0.5, 0.6) is 0 Å². The molecule has 1 aromatic rings. The van der Waals surface area contributed by atoms with E-state index in [0.29, 0.717) is 23.8 Å². The van der Waals surface area contributed by atoms with Crippen molar-refractivity contribution < 1.29 is 0 Å². The molecule has 5 saturated carbocycles. The van der Waals surface area contributed by atoms with Crippen molar-refractivity contribution in [1.82, 2.24) is 5.32 Å². The summed E-state index contributed by atoms with van der Waals surface area (Å²) < 4.78 is 0. The second kappa shape index (κ2) is 8.29. The van der Waals surface area contributed by atoms with Crippen LogP contribution in [0.3, 0.4) is 0 Å². The van der Waals surface area contributed by atoms with Gasteiger partial charge in [-0.15, -0.1) is 11.6 Å². The molecule has 4 bridgehead atoms. The van der Waals surface area contributed by atoms with Crippen molar-refractivity contribution in [3.05, 3.63) is 35.9 Å². The van der Waals surface area contributed by atoms with Gasteiger partial charge in [-0.25, -0.2) is 0 Å². The zero-order valence-electron chi connectivity index (χ0n) is 19.0. The molecule has 0 aliphatic heterocycles. The first-order valence-electron chi connectivity index (χ1n) is 12.7. The minimum Gasteiger partial charge on any atom is -0.376 e. The number of rotatable bonds is 6. The molecular formula is C27H39ClN2S. The Bertz CT molecular complexity index is 785. The molecule has 0 amide bonds. The summed E-state index contributed by atoms with van der Waals surface area (Å²) in [6.07, 6.45) is 13.3. The van der Waals surface area contributed by atoms with Crippen LogP contribution in [0.1, 0.15) is 83.1 Å². The molecular weight excluding hydrogens is 420 g/mol. The summed E-state index contributed by atoms with van der Waals surface area (Å²) in [5.41, 5.74) is 7.82. The molecule has 6 rings (SSSR count). The summed E-state index contributed by atoms with van der Waals surface area (Å²) in [4.78, 5) is 1.14. The third-order valence-corrected chi connectivity index (χ3v) is 11.0. The molecule has 2 atom stereocenters. The topological polar surface area (TPSA) is 38.0 Å². The van der Waals surface area contributed by atoms with E-state index in [1.54, 1.807) is 0 Å². The normalized spacial score (nSPS) is 43.7. The number of alkyl halides is 1. The fourth-order valence-corrected chi connectivity index (χ4v) is 9.12. The van der Waals surface area contributed by atoms with Crippen LogP contribution < -0.4 is 11.1 Å². The summed E-state index contributed by atoms with van der Waals surface area (Å²) in [5, 5.41) is 3.90. The summed E-state index contributed by atoms with van der Waals surface area (Å²) in [5.74, 6) is 1.85. The lowest BCUT2D eigenvalue weighted by atomic mass is 9.39. The van der Waals surface area contributed by atoms with Crippen molar-refractivity contribution in [1.29, 1.82) is 0 Å². The van der Waals surface area contributed by atoms with Crippen molar-refractivity contribution in [3.63, 3.8) is 0 Å². The molecule has 0 spiro atoms. The lowest BCUT2D eigenvalue weighted by molar-refractivity contribution is -0.0702. The van der Waals surface area contributed by atoms with Crippen LogP contribution in [0.15, 0.2) is 30.3 Å². The second-order valence-electron chi connectivity index (χ2n) is 11.4. The SMILES string of the molecule is CCCC1(Cl)C2CC3(C(=S)NC4CCC(CN)CC4)CC1CC(c1ccccc1)(C2)C3. The molecule has 0 heterocycles. The van der Waals surface area contributed by atoms with Crippen LogP contribution in [0.2, 0.25) is 0 Å². The van der Waals surface area contributed by atoms with Crippen LogP contribution in [-0.4, -0.2) is 22.4 Å². The number of nitrogens with one attached hydrogen (secondary N) is 1. The fraction of sp³-hybridized carbons (Fsp3) is 0.741. The Morgan fingerprint density at radius 1 is 1.06 bits per heavy atom. The highest BCUT2D eigenvalue weighted by Gasteiger charge is 2.67. The number of hydrogen-bond acceptors (Lipinski definition) is 2. The number of hydrogen-bond donors (Lipinski definition) is 2. The van der Waals surface area contributed by atoms with Crippen molar-refractivity contribution in [2.45, 2.75) is 93.9 Å². The van der Waals surface area contributed by atoms with Crippen molar-refractivity contribution in [2.24, 2.45) is 28.9 Å². The molecule has 5 fully saturated rings. The zero-order valence-corrected chi connectivity index (χ0v) is 20.6. The Morgan fingerprint density at radius 3 is 2.29 bits per heavy atom. The van der Waals surface area contributed by atoms with E-state index in [1.165, 1.54) is 69.8 Å². The Balaban J connectivity index is 1.42. The third kappa shape index (κ3) is 3.67. The van der Waals surface area contributed by atoms with Gasteiger partial charge in [-0.2, -0.15) is 0 Å². The Labute approximate surface area is 199 Å². The number of nitrogens with two attached hydrogens (primary N) is 1. The van der Waals surface area contributed by atoms with E-state index in [9.17, 15) is 0 Å². The zero-order chi connectivity index (χ0) is 21.7. The van der Waals surface area contributed by atoms with Crippen LogP contribution in [0, 0.1) is 23.2 Å². The summed E-state index contributed by atoms with van der Waals surface area (Å²) in [7, 11) is 0. The van der Waals surface area contributed by atoms with Gasteiger partial charge in [0.2, 0.25) is 0 Å². The van der Waals surface area contributed by atoms with E-state index in [1.807, 2.05) is 0 Å². The standard InChI is InChI=1S/C27H39ClN2S/c1-2-12-27(28)21-13-25(20-6-4-3-5-7-20)14-22(27)16-26(15-21,18-25)24(31)30-23-10-8-19(17-29)9-11-23/h3-7,19,21-23H,2,8-18,29H2,1H3,(H,30,31). The van der Waals surface area contributed by atoms with E-state index in [0.717, 1.165) is 18.0 Å². The monoisotopic (exact) mass is 458 g/mol. The van der Waals surface area contributed by atoms with Gasteiger partial charge in [-0.1, -0.05) is 55.9 Å². The molecule has 2 unspecified atom stereocenters. The third-order valence-electron chi connectivity index (χ3n) is 9.60. The fourth-order valence-electron chi connectivity index (χ4n) is 8.21. The van der Waals surface area contributed by atoms with Gasteiger partial charge in [0.25, 0.3) is 0 Å². The van der Waals surface area contributed by atoms with E-state index >= 15 is 0 Å². The van der Waals surface area contributed by atoms with Crippen molar-refractivity contribution in [3.8, 4) is 0 Å². The second-order valence-corrected chi connectivity index (χ2v) is 12.5. The van der Waals surface area contributed by atoms with Gasteiger partial charge in [0.15, 0.2) is 0 Å². The highest BCUT2D eigenvalue weighted by Crippen LogP contribution is 2.71. The van der Waals surface area contributed by atoms with Crippen LogP contribution >= 0.6 is 23.8 Å². The smallest absolute Gasteiger partial charge is 0.0818 e. The molecule has 3 N–H and O–H groups in total. The minimum atomic E-state index is -0.0221. The van der Waals surface area contributed by atoms with Gasteiger partial charge in [0, 0.05) is 11.5 Å². The molecule has 1 aromatic carbocycles. The van der Waals surface area contributed by atoms with Gasteiger partial charge in [0.1, 0.15) is 0 Å². The molecule has 0 aromatic heterocycles. The maximum absolute atomic E-state index is 7.49. The average molecular weight is 459 g/mol. The predicted octanol–water partition coefficient (Wildman–Crippen LogP) is 6.35. The van der Waals surface area contributed by atoms with E-state index in [2.05, 4.69) is 42.6 Å². The van der Waals surface area contributed by atoms with E-state index < -0.39 is 0 Å². The highest BCUT2D eigenvalue weighted by molar-refractivity contribution is 7.80. The predicted molar refractivity (Wildman–Crippen MR) is 135 cm³/mol. The first-order chi connectivity index (χ1) is 14.9. The van der Waals surface area contributed by atoms with Crippen LogP contribution in [0.25, 0.3) is 0 Å². The molecule has 5 aliphatic carbocycles. The van der Waals surface area contributed by atoms with Gasteiger partial charge in [0.05, 0.1) is 9.86 Å². The lowest BCUT2D eigenvalue weighted by Crippen LogP contribution is -2.66. The molecule has 0 saturated heterocycles. The van der Waals surface area contributed by atoms with Gasteiger partial charge < -0.3 is 11.1 Å². The van der Waals surface area contributed by atoms with Crippen LogP contribution in [-0.2, 0) is 5.41 Å². The van der Waals surface area contributed by atoms with Crippen LogP contribution in [0.4, 0.5) is 0 Å². The Hall–Kier alpha value is -0.640. The number of thiocarbonyl (C=S) groups is 1. The quantitative estimate of drug-likeness (QED) is 0.385. The van der Waals surface area contributed by atoms with Gasteiger partial charge >= 0.3 is 0 Å². The van der Waals surface area contributed by atoms with E-state index in [-0.39, 0.29) is 15.7 Å². The molecule has 0 radical (unpaired) electrons. The molecule has 2 nitrogen and oxygen atoms in total. The molecule has 5 aliphatic rings. The van der Waals surface area contributed by atoms with Crippen molar-refractivity contribution >= 4 is 28.8 Å². The number of halogens is 1. The average Bonchev–Trinajstić information content (AvgIpc) is 2.78. The van der Waals surface area contributed by atoms with Crippen molar-refractivity contribution in [2.75, 3.05) is 6.54 Å². The molecule has 170 valence electrons. The Morgan fingerprint density at radius 2 is 1.71 bits per heavy atom. The molecule has 4 heteroatoms. The number of benzene rings is 1. The van der Waals surface area contributed by atoms with E-state index in [4.69, 9.17) is 29.6 Å². The lowest BCUT2D eigenvalue weighted by Gasteiger charge is -2.68. The maximum atomic E-state index is 7.49.